The van der Waals surface area contributed by atoms with Crippen LogP contribution < -0.4 is 5.11 Å². The number of aliphatic hydroxyl groups is 1. The minimum atomic E-state index is -1.47. The highest BCUT2D eigenvalue weighted by molar-refractivity contribution is 5.81. The van der Waals surface area contributed by atoms with E-state index in [2.05, 4.69) is 0 Å². The molecule has 0 radical (unpaired) electrons. The lowest BCUT2D eigenvalue weighted by molar-refractivity contribution is -0.901. The van der Waals surface area contributed by atoms with Crippen molar-refractivity contribution in [3.63, 3.8) is 0 Å². The minimum Gasteiger partial charge on any atom is -0.544 e. The molecule has 0 amide bonds. The van der Waals surface area contributed by atoms with Crippen molar-refractivity contribution in [2.45, 2.75) is 66.9 Å². The Balaban J connectivity index is 5.58. The lowest BCUT2D eigenvalue weighted by Crippen LogP contribution is -2.51. The number of likely N-dealkylation sites (N-methyl/N-ethyl adjacent to an activating group) is 1. The number of hydrogen-bond acceptors (Lipinski definition) is 8. The molecule has 0 bridgehead atoms. The maximum atomic E-state index is 12.9. The van der Waals surface area contributed by atoms with Gasteiger partial charge in [0.1, 0.15) is 13.2 Å². The number of esters is 2. The molecule has 0 rings (SSSR count). The van der Waals surface area contributed by atoms with Crippen LogP contribution in [-0.2, 0) is 28.7 Å². The van der Waals surface area contributed by atoms with Crippen LogP contribution in [0, 0.1) is 16.2 Å². The second kappa shape index (κ2) is 11.1. The topological polar surface area (TPSA) is 150 Å². The number of carbonyl (C=O) groups is 4. The van der Waals surface area contributed by atoms with E-state index < -0.39 is 46.2 Å². The van der Waals surface area contributed by atoms with Gasteiger partial charge in [0.25, 0.3) is 0 Å². The molecule has 2 N–H and O–H groups in total. The Labute approximate surface area is 190 Å². The highest BCUT2D eigenvalue weighted by Crippen LogP contribution is 2.45. The van der Waals surface area contributed by atoms with Gasteiger partial charge in [0.05, 0.1) is 42.4 Å². The second-order valence-electron chi connectivity index (χ2n) is 10.5. The molecule has 3 atom stereocenters. The summed E-state index contributed by atoms with van der Waals surface area (Å²) in [6.45, 7) is 8.59. The Morgan fingerprint density at radius 3 is 1.91 bits per heavy atom. The van der Waals surface area contributed by atoms with Crippen LogP contribution in [0.1, 0.15) is 60.8 Å². The highest BCUT2D eigenvalue weighted by Gasteiger charge is 2.49. The second-order valence-corrected chi connectivity index (χ2v) is 10.5. The molecule has 0 aromatic rings. The van der Waals surface area contributed by atoms with Crippen molar-refractivity contribution in [3.05, 3.63) is 0 Å². The molecule has 0 saturated heterocycles. The average molecular weight is 462 g/mol. The number of aliphatic carboxylic acids is 2. The maximum absolute atomic E-state index is 12.9. The van der Waals surface area contributed by atoms with Gasteiger partial charge in [-0.15, -0.1) is 0 Å². The summed E-state index contributed by atoms with van der Waals surface area (Å²) in [5.74, 6) is -3.75. The smallest absolute Gasteiger partial charge is 0.316 e. The number of carboxylic acid groups (broad SMARTS) is 2. The molecule has 10 heteroatoms. The van der Waals surface area contributed by atoms with E-state index in [1.54, 1.807) is 41.8 Å². The molecular weight excluding hydrogens is 422 g/mol. The fourth-order valence-corrected chi connectivity index (χ4v) is 3.66. The molecule has 0 aromatic carbocycles. The molecule has 0 aliphatic heterocycles. The van der Waals surface area contributed by atoms with Crippen LogP contribution in [0.15, 0.2) is 0 Å². The Kier molecular flexibility index (Phi) is 10.3. The summed E-state index contributed by atoms with van der Waals surface area (Å²) in [6.07, 6.45) is -0.789. The van der Waals surface area contributed by atoms with Gasteiger partial charge in [-0.05, 0) is 53.9 Å². The summed E-state index contributed by atoms with van der Waals surface area (Å²) in [4.78, 5) is 48.5. The molecule has 0 aliphatic carbocycles. The zero-order valence-corrected chi connectivity index (χ0v) is 20.5. The van der Waals surface area contributed by atoms with Crippen LogP contribution in [0.25, 0.3) is 0 Å². The van der Waals surface area contributed by atoms with E-state index in [0.29, 0.717) is 0 Å². The number of carboxylic acids is 2. The van der Waals surface area contributed by atoms with Gasteiger partial charge >= 0.3 is 17.9 Å². The van der Waals surface area contributed by atoms with Gasteiger partial charge < -0.3 is 29.6 Å². The van der Waals surface area contributed by atoms with Gasteiger partial charge in [-0.1, -0.05) is 6.92 Å². The van der Waals surface area contributed by atoms with Gasteiger partial charge in [0.15, 0.2) is 0 Å². The Hall–Kier alpha value is -2.20. The van der Waals surface area contributed by atoms with Crippen molar-refractivity contribution < 1.29 is 48.5 Å². The third kappa shape index (κ3) is 9.12. The zero-order chi connectivity index (χ0) is 25.5. The molecular formula is C22H39NO9. The van der Waals surface area contributed by atoms with Crippen molar-refractivity contribution in [3.8, 4) is 0 Å². The number of aliphatic hydroxyl groups excluding tert-OH is 1. The van der Waals surface area contributed by atoms with E-state index in [0.717, 1.165) is 0 Å². The van der Waals surface area contributed by atoms with Crippen molar-refractivity contribution in [2.24, 2.45) is 16.2 Å². The summed E-state index contributed by atoms with van der Waals surface area (Å²) in [7, 11) is 3.13. The number of carbonyl (C=O) groups excluding carboxylic acids is 3. The Bertz CT molecular complexity index is 702. The van der Waals surface area contributed by atoms with Crippen LogP contribution >= 0.6 is 0 Å². The Morgan fingerprint density at radius 2 is 1.50 bits per heavy atom. The van der Waals surface area contributed by atoms with Gasteiger partial charge in [-0.2, -0.15) is 0 Å². The lowest BCUT2D eigenvalue weighted by atomic mass is 9.65. The predicted molar refractivity (Wildman–Crippen MR) is 113 cm³/mol. The normalized spacial score (nSPS) is 16.9. The molecule has 0 spiro atoms. The van der Waals surface area contributed by atoms with Crippen LogP contribution in [0.3, 0.4) is 0 Å². The van der Waals surface area contributed by atoms with E-state index in [-0.39, 0.29) is 43.6 Å². The average Bonchev–Trinajstić information content (AvgIpc) is 2.62. The minimum absolute atomic E-state index is 0.105. The summed E-state index contributed by atoms with van der Waals surface area (Å²) in [5.41, 5.74) is -3.84. The van der Waals surface area contributed by atoms with Crippen LogP contribution in [0.5, 0.6) is 0 Å². The first-order valence-electron chi connectivity index (χ1n) is 10.6. The van der Waals surface area contributed by atoms with Gasteiger partial charge in [-0.3, -0.25) is 18.9 Å². The van der Waals surface area contributed by atoms with Crippen molar-refractivity contribution >= 4 is 23.9 Å². The predicted octanol–water partition coefficient (Wildman–Crippen LogP) is 0.551. The van der Waals surface area contributed by atoms with E-state index in [4.69, 9.17) is 9.47 Å². The van der Waals surface area contributed by atoms with E-state index in [1.807, 2.05) is 0 Å². The summed E-state index contributed by atoms with van der Waals surface area (Å²) in [5, 5.41) is 30.2. The summed E-state index contributed by atoms with van der Waals surface area (Å²) < 4.78 is 10.3. The zero-order valence-electron chi connectivity index (χ0n) is 20.5. The first-order chi connectivity index (χ1) is 14.3. The third-order valence-electron chi connectivity index (χ3n) is 5.51. The van der Waals surface area contributed by atoms with Crippen LogP contribution in [-0.4, -0.2) is 78.7 Å². The highest BCUT2D eigenvalue weighted by atomic mass is 16.6. The monoisotopic (exact) mass is 461 g/mol. The largest absolute Gasteiger partial charge is 0.544 e. The molecule has 3 unspecified atom stereocenters. The molecule has 10 nitrogen and oxygen atoms in total. The standard InChI is InChI=1S/C22H39NO9/c1-9-21(5,19(30)32-14-23(7,8)10-16(25)26)13-22(6,17(27)28)12-20(3,4)18(29)31-11-15(2)24/h15,24H,9-14H2,1-8H3,(H-,25,26,27,28). The molecule has 0 aromatic heterocycles. The third-order valence-corrected chi connectivity index (χ3v) is 5.51. The number of ether oxygens (including phenoxy) is 2. The molecule has 0 saturated carbocycles. The van der Waals surface area contributed by atoms with Crippen LogP contribution in [0.2, 0.25) is 0 Å². The maximum Gasteiger partial charge on any atom is 0.316 e. The first kappa shape index (κ1) is 29.8. The molecule has 0 fully saturated rings. The number of quaternary nitrogens is 1. The van der Waals surface area contributed by atoms with Gasteiger partial charge in [-0.25, -0.2) is 0 Å². The SMILES string of the molecule is CCC(C)(CC(C)(CC(C)(C)C(=O)OCC(C)O)C(=O)O)C(=O)OC[N+](C)(C)CC(=O)[O-]. The van der Waals surface area contributed by atoms with E-state index >= 15 is 0 Å². The number of nitrogens with zero attached hydrogens (tertiary/aromatic N) is 1. The molecule has 0 aliphatic rings. The van der Waals surface area contributed by atoms with Crippen molar-refractivity contribution in [2.75, 3.05) is 34.0 Å². The molecule has 186 valence electrons. The number of rotatable bonds is 14. The van der Waals surface area contributed by atoms with Crippen molar-refractivity contribution in [1.29, 1.82) is 0 Å². The van der Waals surface area contributed by atoms with Gasteiger partial charge in [0, 0.05) is 0 Å². The fourth-order valence-electron chi connectivity index (χ4n) is 3.66. The van der Waals surface area contributed by atoms with Crippen LogP contribution in [0.4, 0.5) is 0 Å². The lowest BCUT2D eigenvalue weighted by Gasteiger charge is -2.39. The molecule has 0 heterocycles. The number of hydrogen-bond donors (Lipinski definition) is 2. The summed E-state index contributed by atoms with van der Waals surface area (Å²) in [6, 6.07) is 0. The molecule has 32 heavy (non-hydrogen) atoms. The summed E-state index contributed by atoms with van der Waals surface area (Å²) >= 11 is 0. The van der Waals surface area contributed by atoms with Gasteiger partial charge in [0.2, 0.25) is 6.73 Å². The van der Waals surface area contributed by atoms with E-state index in [9.17, 15) is 34.5 Å². The van der Waals surface area contributed by atoms with Crippen molar-refractivity contribution in [1.82, 2.24) is 0 Å². The first-order valence-corrected chi connectivity index (χ1v) is 10.6. The van der Waals surface area contributed by atoms with E-state index in [1.165, 1.54) is 13.8 Å². The Morgan fingerprint density at radius 1 is 0.969 bits per heavy atom. The fraction of sp³-hybridized carbons (Fsp3) is 0.818. The quantitative estimate of drug-likeness (QED) is 0.215.